The molecule has 1 saturated carbocycles. The van der Waals surface area contributed by atoms with Crippen LogP contribution in [0.2, 0.25) is 0 Å². The van der Waals surface area contributed by atoms with Crippen LogP contribution in [-0.2, 0) is 9.53 Å². The second-order valence-electron chi connectivity index (χ2n) is 6.69. The first-order valence-electron chi connectivity index (χ1n) is 7.36. The van der Waals surface area contributed by atoms with E-state index in [1.54, 1.807) is 0 Å². The number of benzene rings is 1. The third-order valence-corrected chi connectivity index (χ3v) is 3.72. The largest absolute Gasteiger partial charge is 0.459 e. The first-order chi connectivity index (χ1) is 9.35. The molecule has 0 bridgehead atoms. The first kappa shape index (κ1) is 15.0. The van der Waals surface area contributed by atoms with Gasteiger partial charge < -0.3 is 10.1 Å². The molecule has 1 fully saturated rings. The van der Waals surface area contributed by atoms with Crippen LogP contribution in [0.5, 0.6) is 0 Å². The fourth-order valence-electron chi connectivity index (χ4n) is 2.69. The molecule has 0 radical (unpaired) electrons. The van der Waals surface area contributed by atoms with Gasteiger partial charge in [-0.2, -0.15) is 0 Å². The molecule has 0 aromatic heterocycles. The lowest BCUT2D eigenvalue weighted by molar-refractivity contribution is -0.153. The summed E-state index contributed by atoms with van der Waals surface area (Å²) in [5, 5.41) is 3.29. The maximum atomic E-state index is 11.6. The number of esters is 1. The molecule has 0 spiro atoms. The summed E-state index contributed by atoms with van der Waals surface area (Å²) in [7, 11) is 0. The molecule has 1 aliphatic carbocycles. The quantitative estimate of drug-likeness (QED) is 0.858. The maximum Gasteiger partial charge on any atom is 0.320 e. The molecule has 20 heavy (non-hydrogen) atoms. The summed E-state index contributed by atoms with van der Waals surface area (Å²) in [6.45, 7) is 8.15. The normalized spacial score (nSPS) is 22.2. The second-order valence-corrected chi connectivity index (χ2v) is 6.69. The molecule has 0 saturated heterocycles. The van der Waals surface area contributed by atoms with E-state index in [1.165, 1.54) is 11.1 Å². The predicted molar refractivity (Wildman–Crippen MR) is 80.8 cm³/mol. The summed E-state index contributed by atoms with van der Waals surface area (Å²) >= 11 is 0. The van der Waals surface area contributed by atoms with Crippen molar-refractivity contribution in [3.05, 3.63) is 35.4 Å². The Morgan fingerprint density at radius 3 is 2.55 bits per heavy atom. The van der Waals surface area contributed by atoms with Gasteiger partial charge in [0.1, 0.15) is 5.60 Å². The molecule has 3 nitrogen and oxygen atoms in total. The summed E-state index contributed by atoms with van der Waals surface area (Å²) in [5.74, 6) is 0.462. The maximum absolute atomic E-state index is 11.6. The number of carbonyl (C=O) groups is 1. The Hall–Kier alpha value is -1.35. The van der Waals surface area contributed by atoms with Crippen molar-refractivity contribution < 1.29 is 9.53 Å². The van der Waals surface area contributed by atoms with Crippen LogP contribution in [0.4, 0.5) is 0 Å². The molecule has 1 aromatic rings. The van der Waals surface area contributed by atoms with Crippen LogP contribution in [0.1, 0.15) is 50.7 Å². The highest BCUT2D eigenvalue weighted by Gasteiger charge is 2.31. The average Bonchev–Trinajstić information content (AvgIpc) is 2.26. The van der Waals surface area contributed by atoms with Gasteiger partial charge in [0, 0.05) is 6.04 Å². The fraction of sp³-hybridized carbons (Fsp3) is 0.588. The molecule has 0 heterocycles. The topological polar surface area (TPSA) is 38.3 Å². The van der Waals surface area contributed by atoms with Crippen LogP contribution in [0.25, 0.3) is 0 Å². The molecule has 0 amide bonds. The number of hydrogen-bond acceptors (Lipinski definition) is 3. The van der Waals surface area contributed by atoms with Gasteiger partial charge in [0.05, 0.1) is 6.54 Å². The van der Waals surface area contributed by atoms with E-state index in [1.807, 2.05) is 20.8 Å². The third kappa shape index (κ3) is 4.07. The van der Waals surface area contributed by atoms with Crippen molar-refractivity contribution in [2.75, 3.05) is 6.54 Å². The summed E-state index contributed by atoms with van der Waals surface area (Å²) < 4.78 is 5.29. The Balaban J connectivity index is 1.72. The number of aryl methyl sites for hydroxylation is 1. The number of hydrogen-bond donors (Lipinski definition) is 1. The molecule has 1 aliphatic rings. The predicted octanol–water partition coefficient (Wildman–Crippen LogP) is 3.17. The zero-order chi connectivity index (χ0) is 14.8. The molecular weight excluding hydrogens is 250 g/mol. The van der Waals surface area contributed by atoms with Crippen LogP contribution in [-0.4, -0.2) is 24.2 Å². The molecular formula is C17H25NO2. The Morgan fingerprint density at radius 2 is 1.95 bits per heavy atom. The van der Waals surface area contributed by atoms with Crippen LogP contribution in [0.15, 0.2) is 24.3 Å². The SMILES string of the molecule is Cc1ccccc1C1CC(NCC(=O)OC(C)(C)C)C1. The van der Waals surface area contributed by atoms with Crippen molar-refractivity contribution in [3.8, 4) is 0 Å². The lowest BCUT2D eigenvalue weighted by Gasteiger charge is -2.37. The number of ether oxygens (including phenoxy) is 1. The smallest absolute Gasteiger partial charge is 0.320 e. The minimum atomic E-state index is -0.401. The second kappa shape index (κ2) is 5.96. The molecule has 0 unspecified atom stereocenters. The van der Waals surface area contributed by atoms with E-state index in [0.29, 0.717) is 18.5 Å². The Morgan fingerprint density at radius 1 is 1.30 bits per heavy atom. The van der Waals surface area contributed by atoms with Gasteiger partial charge in [-0.3, -0.25) is 4.79 Å². The highest BCUT2D eigenvalue weighted by molar-refractivity contribution is 5.72. The van der Waals surface area contributed by atoms with Crippen LogP contribution >= 0.6 is 0 Å². The minimum absolute atomic E-state index is 0.170. The molecule has 3 heteroatoms. The van der Waals surface area contributed by atoms with Gasteiger partial charge in [0.25, 0.3) is 0 Å². The molecule has 1 N–H and O–H groups in total. The van der Waals surface area contributed by atoms with E-state index in [2.05, 4.69) is 36.5 Å². The number of nitrogens with one attached hydrogen (secondary N) is 1. The first-order valence-corrected chi connectivity index (χ1v) is 7.36. The molecule has 0 atom stereocenters. The fourth-order valence-corrected chi connectivity index (χ4v) is 2.69. The third-order valence-electron chi connectivity index (χ3n) is 3.72. The van der Waals surface area contributed by atoms with Crippen molar-refractivity contribution in [1.29, 1.82) is 0 Å². The zero-order valence-corrected chi connectivity index (χ0v) is 12.9. The van der Waals surface area contributed by atoms with Crippen molar-refractivity contribution in [2.45, 2.75) is 58.1 Å². The van der Waals surface area contributed by atoms with Gasteiger partial charge in [-0.1, -0.05) is 24.3 Å². The van der Waals surface area contributed by atoms with Crippen molar-refractivity contribution >= 4 is 5.97 Å². The molecule has 0 aliphatic heterocycles. The Kier molecular flexibility index (Phi) is 4.48. The van der Waals surface area contributed by atoms with E-state index in [-0.39, 0.29) is 5.97 Å². The molecule has 1 aromatic carbocycles. The zero-order valence-electron chi connectivity index (χ0n) is 12.9. The molecule has 2 rings (SSSR count). The molecule has 110 valence electrons. The number of rotatable bonds is 4. The Labute approximate surface area is 121 Å². The van der Waals surface area contributed by atoms with Gasteiger partial charge in [-0.25, -0.2) is 0 Å². The highest BCUT2D eigenvalue weighted by Crippen LogP contribution is 2.38. The number of carbonyl (C=O) groups excluding carboxylic acids is 1. The summed E-state index contributed by atoms with van der Waals surface area (Å²) in [6, 6.07) is 8.99. The van der Waals surface area contributed by atoms with E-state index in [4.69, 9.17) is 4.74 Å². The monoisotopic (exact) mass is 275 g/mol. The van der Waals surface area contributed by atoms with Crippen LogP contribution < -0.4 is 5.32 Å². The van der Waals surface area contributed by atoms with E-state index in [9.17, 15) is 4.79 Å². The summed E-state index contributed by atoms with van der Waals surface area (Å²) in [6.07, 6.45) is 2.21. The highest BCUT2D eigenvalue weighted by atomic mass is 16.6. The van der Waals surface area contributed by atoms with Gasteiger partial charge in [-0.15, -0.1) is 0 Å². The van der Waals surface area contributed by atoms with Crippen LogP contribution in [0, 0.1) is 6.92 Å². The van der Waals surface area contributed by atoms with Gasteiger partial charge in [0.2, 0.25) is 0 Å². The standard InChI is InChI=1S/C17H25NO2/c1-12-7-5-6-8-15(12)13-9-14(10-13)18-11-16(19)20-17(2,3)4/h5-8,13-14,18H,9-11H2,1-4H3. The van der Waals surface area contributed by atoms with Crippen molar-refractivity contribution in [2.24, 2.45) is 0 Å². The van der Waals surface area contributed by atoms with E-state index < -0.39 is 5.60 Å². The summed E-state index contributed by atoms with van der Waals surface area (Å²) in [4.78, 5) is 11.6. The Bertz CT molecular complexity index is 470. The van der Waals surface area contributed by atoms with E-state index >= 15 is 0 Å². The average molecular weight is 275 g/mol. The van der Waals surface area contributed by atoms with Crippen LogP contribution in [0.3, 0.4) is 0 Å². The summed E-state index contributed by atoms with van der Waals surface area (Å²) in [5.41, 5.74) is 2.41. The minimum Gasteiger partial charge on any atom is -0.459 e. The van der Waals surface area contributed by atoms with E-state index in [0.717, 1.165) is 12.8 Å². The lowest BCUT2D eigenvalue weighted by Crippen LogP contribution is -2.43. The van der Waals surface area contributed by atoms with Gasteiger partial charge >= 0.3 is 5.97 Å². The van der Waals surface area contributed by atoms with Gasteiger partial charge in [0.15, 0.2) is 0 Å². The van der Waals surface area contributed by atoms with Crippen molar-refractivity contribution in [3.63, 3.8) is 0 Å². The lowest BCUT2D eigenvalue weighted by atomic mass is 9.74. The van der Waals surface area contributed by atoms with Gasteiger partial charge in [-0.05, 0) is 57.6 Å². The van der Waals surface area contributed by atoms with Crippen molar-refractivity contribution in [1.82, 2.24) is 5.32 Å².